The minimum Gasteiger partial charge on any atom is -0.341 e. The number of carbonyl (C=O) groups is 2. The van der Waals surface area contributed by atoms with Gasteiger partial charge in [-0.05, 0) is 46.5 Å². The topological polar surface area (TPSA) is 118 Å². The van der Waals surface area contributed by atoms with Crippen LogP contribution in [0.15, 0.2) is 10.3 Å². The molecule has 2 aromatic rings. The van der Waals surface area contributed by atoms with Gasteiger partial charge in [0.2, 0.25) is 21.8 Å². The molecule has 0 radical (unpaired) electrons. The molecular weight excluding hydrogens is 464 g/mol. The largest absolute Gasteiger partial charge is 0.341 e. The normalized spacial score (nSPS) is 18.1. The Hall–Kier alpha value is -2.31. The number of thiazole rings is 1. The molecule has 2 aliphatic heterocycles. The highest BCUT2D eigenvalue weighted by Gasteiger charge is 2.36. The van der Waals surface area contributed by atoms with Gasteiger partial charge in [0.1, 0.15) is 11.4 Å². The third kappa shape index (κ3) is 4.97. The zero-order valence-electron chi connectivity index (χ0n) is 19.2. The summed E-state index contributed by atoms with van der Waals surface area (Å²) < 4.78 is 29.8. The fourth-order valence-electron chi connectivity index (χ4n) is 4.51. The Morgan fingerprint density at radius 3 is 2.39 bits per heavy atom. The van der Waals surface area contributed by atoms with Crippen molar-refractivity contribution in [1.82, 2.24) is 24.0 Å². The summed E-state index contributed by atoms with van der Waals surface area (Å²) in [6.07, 6.45) is 2.88. The summed E-state index contributed by atoms with van der Waals surface area (Å²) in [5.74, 6) is -0.421. The van der Waals surface area contributed by atoms with E-state index in [2.05, 4.69) is 15.4 Å². The van der Waals surface area contributed by atoms with Gasteiger partial charge < -0.3 is 10.2 Å². The van der Waals surface area contributed by atoms with Crippen LogP contribution in [-0.2, 0) is 26.2 Å². The molecule has 2 saturated heterocycles. The van der Waals surface area contributed by atoms with E-state index in [1.165, 1.54) is 20.3 Å². The first-order valence-electron chi connectivity index (χ1n) is 11.2. The first-order valence-corrected chi connectivity index (χ1v) is 13.5. The number of piperidine rings is 1. The van der Waals surface area contributed by atoms with Crippen LogP contribution in [0.4, 0.5) is 5.13 Å². The predicted octanol–water partition coefficient (Wildman–Crippen LogP) is 1.93. The fraction of sp³-hybridized carbons (Fsp3) is 0.619. The molecular formula is C21H30N6O4S2. The summed E-state index contributed by atoms with van der Waals surface area (Å²) in [7, 11) is -3.78. The molecule has 0 saturated carbocycles. The molecule has 33 heavy (non-hydrogen) atoms. The zero-order valence-corrected chi connectivity index (χ0v) is 20.8. The van der Waals surface area contributed by atoms with Crippen LogP contribution in [0.1, 0.15) is 42.8 Å². The van der Waals surface area contributed by atoms with Crippen molar-refractivity contribution < 1.29 is 18.0 Å². The van der Waals surface area contributed by atoms with Gasteiger partial charge in [0.15, 0.2) is 5.13 Å². The summed E-state index contributed by atoms with van der Waals surface area (Å²) >= 11 is 1.38. The van der Waals surface area contributed by atoms with Crippen LogP contribution in [0.3, 0.4) is 0 Å². The first-order chi connectivity index (χ1) is 15.7. The number of nitrogens with zero attached hydrogens (tertiary/aromatic N) is 5. The second-order valence-electron chi connectivity index (χ2n) is 8.71. The second-order valence-corrected chi connectivity index (χ2v) is 11.4. The standard InChI is InChI=1S/C21H30N6O4S2/c1-14-13-32-21(22-14)23-20(29)17-6-10-26(11-7-17)33(30,31)19-15(2)24-27(16(19)3)12-18(28)25-8-4-5-9-25/h13,17H,4-12H2,1-3H3,(H,22,23,29). The van der Waals surface area contributed by atoms with Crippen LogP contribution in [0, 0.1) is 26.7 Å². The van der Waals surface area contributed by atoms with Crippen LogP contribution in [0.25, 0.3) is 0 Å². The average Bonchev–Trinajstić information content (AvgIpc) is 3.50. The smallest absolute Gasteiger partial charge is 0.246 e. The van der Waals surface area contributed by atoms with E-state index in [1.54, 1.807) is 18.7 Å². The lowest BCUT2D eigenvalue weighted by Crippen LogP contribution is -2.41. The highest BCUT2D eigenvalue weighted by atomic mass is 32.2. The molecule has 0 bridgehead atoms. The second kappa shape index (κ2) is 9.51. The highest BCUT2D eigenvalue weighted by molar-refractivity contribution is 7.89. The van der Waals surface area contributed by atoms with Crippen molar-refractivity contribution >= 4 is 38.3 Å². The molecule has 12 heteroatoms. The Morgan fingerprint density at radius 1 is 1.12 bits per heavy atom. The zero-order chi connectivity index (χ0) is 23.8. The molecule has 1 N–H and O–H groups in total. The molecule has 10 nitrogen and oxygen atoms in total. The monoisotopic (exact) mass is 494 g/mol. The fourth-order valence-corrected chi connectivity index (χ4v) is 7.04. The van der Waals surface area contributed by atoms with E-state index in [0.29, 0.717) is 29.4 Å². The highest BCUT2D eigenvalue weighted by Crippen LogP contribution is 2.29. The molecule has 2 aliphatic rings. The minimum absolute atomic E-state index is 0.0377. The maximum absolute atomic E-state index is 13.4. The molecule has 2 fully saturated rings. The summed E-state index contributed by atoms with van der Waals surface area (Å²) in [5.41, 5.74) is 1.71. The Morgan fingerprint density at radius 2 is 1.79 bits per heavy atom. The SMILES string of the molecule is Cc1csc(NC(=O)C2CCN(S(=O)(=O)c3c(C)nn(CC(=O)N4CCCC4)c3C)CC2)n1. The van der Waals surface area contributed by atoms with E-state index in [-0.39, 0.29) is 42.3 Å². The van der Waals surface area contributed by atoms with Gasteiger partial charge in [-0.25, -0.2) is 13.4 Å². The Labute approximate surface area is 198 Å². The lowest BCUT2D eigenvalue weighted by atomic mass is 9.97. The van der Waals surface area contributed by atoms with E-state index in [1.807, 2.05) is 12.3 Å². The number of hydrogen-bond donors (Lipinski definition) is 1. The number of aryl methyl sites for hydroxylation is 2. The molecule has 0 unspecified atom stereocenters. The first kappa shape index (κ1) is 23.8. The van der Waals surface area contributed by atoms with E-state index >= 15 is 0 Å². The summed E-state index contributed by atoms with van der Waals surface area (Å²) in [6, 6.07) is 0. The summed E-state index contributed by atoms with van der Waals surface area (Å²) in [4.78, 5) is 31.3. The average molecular weight is 495 g/mol. The third-order valence-electron chi connectivity index (χ3n) is 6.33. The van der Waals surface area contributed by atoms with Crippen molar-refractivity contribution in [3.63, 3.8) is 0 Å². The van der Waals surface area contributed by atoms with Crippen LogP contribution < -0.4 is 5.32 Å². The number of likely N-dealkylation sites (tertiary alicyclic amines) is 1. The number of rotatable bonds is 6. The quantitative estimate of drug-likeness (QED) is 0.656. The van der Waals surface area contributed by atoms with Gasteiger partial charge in [0.25, 0.3) is 0 Å². The lowest BCUT2D eigenvalue weighted by Gasteiger charge is -2.30. The molecule has 0 spiro atoms. The van der Waals surface area contributed by atoms with Gasteiger partial charge >= 0.3 is 0 Å². The number of anilines is 1. The Kier molecular flexibility index (Phi) is 6.87. The molecule has 180 valence electrons. The summed E-state index contributed by atoms with van der Waals surface area (Å²) in [6.45, 7) is 7.27. The molecule has 0 aliphatic carbocycles. The minimum atomic E-state index is -3.78. The number of aromatic nitrogens is 3. The molecule has 2 aromatic heterocycles. The van der Waals surface area contributed by atoms with Crippen LogP contribution in [0.2, 0.25) is 0 Å². The third-order valence-corrected chi connectivity index (χ3v) is 9.36. The van der Waals surface area contributed by atoms with Gasteiger partial charge in [0.05, 0.1) is 17.1 Å². The van der Waals surface area contributed by atoms with Crippen molar-refractivity contribution in [3.05, 3.63) is 22.5 Å². The molecule has 4 heterocycles. The van der Waals surface area contributed by atoms with Gasteiger partial charge in [-0.3, -0.25) is 14.3 Å². The van der Waals surface area contributed by atoms with Gasteiger partial charge in [-0.1, -0.05) is 0 Å². The maximum Gasteiger partial charge on any atom is 0.246 e. The molecule has 4 rings (SSSR count). The molecule has 0 aromatic carbocycles. The Balaban J connectivity index is 1.42. The molecule has 2 amide bonds. The van der Waals surface area contributed by atoms with Crippen LogP contribution in [-0.4, -0.2) is 70.4 Å². The van der Waals surface area contributed by atoms with E-state index in [4.69, 9.17) is 0 Å². The maximum atomic E-state index is 13.4. The molecule has 0 atom stereocenters. The lowest BCUT2D eigenvalue weighted by molar-refractivity contribution is -0.131. The van der Waals surface area contributed by atoms with Crippen LogP contribution in [0.5, 0.6) is 0 Å². The number of amides is 2. The van der Waals surface area contributed by atoms with Crippen LogP contribution >= 0.6 is 11.3 Å². The number of hydrogen-bond acceptors (Lipinski definition) is 7. The van der Waals surface area contributed by atoms with E-state index in [9.17, 15) is 18.0 Å². The summed E-state index contributed by atoms with van der Waals surface area (Å²) in [5, 5.41) is 9.63. The van der Waals surface area contributed by atoms with Crippen molar-refractivity contribution in [3.8, 4) is 0 Å². The number of carbonyl (C=O) groups excluding carboxylic acids is 2. The number of nitrogens with one attached hydrogen (secondary N) is 1. The number of sulfonamides is 1. The van der Waals surface area contributed by atoms with Gasteiger partial charge in [-0.2, -0.15) is 9.40 Å². The van der Waals surface area contributed by atoms with Crippen molar-refractivity contribution in [1.29, 1.82) is 0 Å². The van der Waals surface area contributed by atoms with Crippen molar-refractivity contribution in [2.45, 2.75) is 57.9 Å². The van der Waals surface area contributed by atoms with E-state index < -0.39 is 10.0 Å². The Bertz CT molecular complexity index is 1140. The van der Waals surface area contributed by atoms with Gasteiger partial charge in [-0.15, -0.1) is 11.3 Å². The van der Waals surface area contributed by atoms with Crippen molar-refractivity contribution in [2.75, 3.05) is 31.5 Å². The van der Waals surface area contributed by atoms with Gasteiger partial charge in [0, 0.05) is 37.5 Å². The van der Waals surface area contributed by atoms with E-state index in [0.717, 1.165) is 31.6 Å². The predicted molar refractivity (Wildman–Crippen MR) is 124 cm³/mol. The van der Waals surface area contributed by atoms with Crippen molar-refractivity contribution in [2.24, 2.45) is 5.92 Å².